The largest absolute Gasteiger partial charge is 0.469 e. The number of benzene rings is 1. The van der Waals surface area contributed by atoms with Gasteiger partial charge in [-0.25, -0.2) is 4.39 Å². The van der Waals surface area contributed by atoms with Crippen molar-refractivity contribution in [3.63, 3.8) is 0 Å². The second-order valence-corrected chi connectivity index (χ2v) is 7.08. The van der Waals surface area contributed by atoms with E-state index in [1.54, 1.807) is 6.07 Å². The maximum absolute atomic E-state index is 12.9. The molecule has 1 aromatic rings. The van der Waals surface area contributed by atoms with Crippen molar-refractivity contribution in [3.05, 3.63) is 34.6 Å². The van der Waals surface area contributed by atoms with Crippen LogP contribution < -0.4 is 0 Å². The molecule has 6 heteroatoms. The van der Waals surface area contributed by atoms with Crippen LogP contribution in [0.25, 0.3) is 0 Å². The average molecular weight is 319 g/mol. The molecule has 0 bridgehead atoms. The topological polar surface area (TPSA) is 43.4 Å². The summed E-state index contributed by atoms with van der Waals surface area (Å²) in [6.45, 7) is 0. The third kappa shape index (κ3) is 4.03. The Hall–Kier alpha value is -0.940. The highest BCUT2D eigenvalue weighted by molar-refractivity contribution is 7.84. The van der Waals surface area contributed by atoms with Crippen LogP contribution in [0.15, 0.2) is 18.2 Å². The zero-order valence-electron chi connectivity index (χ0n) is 11.2. The third-order valence-electron chi connectivity index (χ3n) is 3.50. The van der Waals surface area contributed by atoms with Crippen molar-refractivity contribution < 1.29 is 18.1 Å². The molecule has 0 aliphatic heterocycles. The van der Waals surface area contributed by atoms with Gasteiger partial charge in [0.15, 0.2) is 0 Å². The summed E-state index contributed by atoms with van der Waals surface area (Å²) in [6.07, 6.45) is 2.10. The molecule has 20 heavy (non-hydrogen) atoms. The Balaban J connectivity index is 1.94. The highest BCUT2D eigenvalue weighted by Crippen LogP contribution is 2.49. The van der Waals surface area contributed by atoms with Crippen molar-refractivity contribution in [3.8, 4) is 0 Å². The summed E-state index contributed by atoms with van der Waals surface area (Å²) in [5.74, 6) is 0.0610. The van der Waals surface area contributed by atoms with Gasteiger partial charge < -0.3 is 4.74 Å². The van der Waals surface area contributed by atoms with Crippen molar-refractivity contribution >= 4 is 28.4 Å². The van der Waals surface area contributed by atoms with Gasteiger partial charge in [0.1, 0.15) is 5.82 Å². The van der Waals surface area contributed by atoms with Gasteiger partial charge in [0.2, 0.25) is 0 Å². The highest BCUT2D eigenvalue weighted by atomic mass is 35.5. The molecule has 1 fully saturated rings. The van der Waals surface area contributed by atoms with Crippen LogP contribution in [0.4, 0.5) is 4.39 Å². The Labute approximate surface area is 124 Å². The van der Waals surface area contributed by atoms with Gasteiger partial charge in [-0.05, 0) is 36.0 Å². The predicted molar refractivity (Wildman–Crippen MR) is 76.4 cm³/mol. The summed E-state index contributed by atoms with van der Waals surface area (Å²) >= 11 is 5.92. The lowest BCUT2D eigenvalue weighted by Gasteiger charge is -2.13. The molecule has 1 unspecified atom stereocenters. The fraction of sp³-hybridized carbons (Fsp3) is 0.500. The van der Waals surface area contributed by atoms with Crippen molar-refractivity contribution in [2.45, 2.75) is 25.0 Å². The van der Waals surface area contributed by atoms with E-state index in [4.69, 9.17) is 11.6 Å². The molecule has 0 saturated heterocycles. The molecule has 0 aromatic heterocycles. The molecule has 1 aromatic carbocycles. The molecule has 1 aliphatic carbocycles. The first kappa shape index (κ1) is 15.4. The van der Waals surface area contributed by atoms with Gasteiger partial charge in [0.05, 0.1) is 19.3 Å². The third-order valence-corrected chi connectivity index (χ3v) is 5.42. The molecular formula is C14H16ClFO3S. The fourth-order valence-corrected chi connectivity index (χ4v) is 4.22. The maximum Gasteiger partial charge on any atom is 0.306 e. The summed E-state index contributed by atoms with van der Waals surface area (Å²) in [4.78, 5) is 11.3. The quantitative estimate of drug-likeness (QED) is 0.757. The van der Waals surface area contributed by atoms with Crippen LogP contribution in [-0.4, -0.2) is 23.0 Å². The maximum atomic E-state index is 12.9. The van der Waals surface area contributed by atoms with E-state index in [0.717, 1.165) is 12.8 Å². The van der Waals surface area contributed by atoms with Gasteiger partial charge in [0.25, 0.3) is 0 Å². The number of hydrogen-bond donors (Lipinski definition) is 0. The molecule has 110 valence electrons. The SMILES string of the molecule is COC(=O)CC1(CS(=O)Cc2ccc(F)cc2Cl)CC1. The van der Waals surface area contributed by atoms with E-state index in [2.05, 4.69) is 4.74 Å². The second kappa shape index (κ2) is 6.22. The Morgan fingerprint density at radius 2 is 2.20 bits per heavy atom. The van der Waals surface area contributed by atoms with Crippen molar-refractivity contribution in [2.24, 2.45) is 5.41 Å². The molecule has 1 atom stereocenters. The van der Waals surface area contributed by atoms with Gasteiger partial charge in [-0.15, -0.1) is 0 Å². The molecule has 0 radical (unpaired) electrons. The van der Waals surface area contributed by atoms with Crippen LogP contribution in [0.5, 0.6) is 0 Å². The summed E-state index contributed by atoms with van der Waals surface area (Å²) in [5, 5.41) is 0.288. The van der Waals surface area contributed by atoms with Crippen LogP contribution in [0.2, 0.25) is 5.02 Å². The van der Waals surface area contributed by atoms with E-state index in [9.17, 15) is 13.4 Å². The minimum absolute atomic E-state index is 0.176. The fourth-order valence-electron chi connectivity index (χ4n) is 2.13. The molecule has 3 nitrogen and oxygen atoms in total. The molecule has 1 aliphatic rings. The summed E-state index contributed by atoms with van der Waals surface area (Å²) < 4.78 is 29.8. The van der Waals surface area contributed by atoms with Gasteiger partial charge in [-0.1, -0.05) is 17.7 Å². The zero-order valence-corrected chi connectivity index (χ0v) is 12.7. The molecule has 0 N–H and O–H groups in total. The number of esters is 1. The smallest absolute Gasteiger partial charge is 0.306 e. The standard InChI is InChI=1S/C14H16ClFO3S/c1-19-13(17)7-14(4-5-14)9-20(18)8-10-2-3-11(16)6-12(10)15/h2-3,6H,4-5,7-9H2,1H3. The van der Waals surface area contributed by atoms with Gasteiger partial charge in [0, 0.05) is 21.6 Å². The Bertz CT molecular complexity index is 543. The van der Waals surface area contributed by atoms with E-state index in [-0.39, 0.29) is 22.2 Å². The van der Waals surface area contributed by atoms with E-state index in [1.165, 1.54) is 19.2 Å². The predicted octanol–water partition coefficient (Wildman–Crippen LogP) is 3.07. The van der Waals surface area contributed by atoms with Crippen molar-refractivity contribution in [1.82, 2.24) is 0 Å². The van der Waals surface area contributed by atoms with Crippen LogP contribution >= 0.6 is 11.6 Å². The number of rotatable bonds is 6. The molecular weight excluding hydrogens is 303 g/mol. The first-order chi connectivity index (χ1) is 9.44. The number of methoxy groups -OCH3 is 1. The van der Waals surface area contributed by atoms with Gasteiger partial charge in [-0.3, -0.25) is 9.00 Å². The van der Waals surface area contributed by atoms with E-state index >= 15 is 0 Å². The van der Waals surface area contributed by atoms with Gasteiger partial charge >= 0.3 is 5.97 Å². The molecule has 0 spiro atoms. The minimum atomic E-state index is -1.13. The van der Waals surface area contributed by atoms with E-state index in [1.807, 2.05) is 0 Å². The highest BCUT2D eigenvalue weighted by Gasteiger charge is 2.45. The number of carbonyl (C=O) groups excluding carboxylic acids is 1. The Kier molecular flexibility index (Phi) is 4.81. The van der Waals surface area contributed by atoms with Crippen LogP contribution in [-0.2, 0) is 26.1 Å². The molecule has 1 saturated carbocycles. The van der Waals surface area contributed by atoms with E-state index < -0.39 is 16.6 Å². The number of ether oxygens (including phenoxy) is 1. The van der Waals surface area contributed by atoms with Gasteiger partial charge in [-0.2, -0.15) is 0 Å². The van der Waals surface area contributed by atoms with Crippen molar-refractivity contribution in [1.29, 1.82) is 0 Å². The molecule has 0 heterocycles. The van der Waals surface area contributed by atoms with E-state index in [0.29, 0.717) is 17.7 Å². The Morgan fingerprint density at radius 1 is 1.50 bits per heavy atom. The Morgan fingerprint density at radius 3 is 2.75 bits per heavy atom. The second-order valence-electron chi connectivity index (χ2n) is 5.22. The first-order valence-electron chi connectivity index (χ1n) is 6.30. The number of hydrogen-bond acceptors (Lipinski definition) is 3. The van der Waals surface area contributed by atoms with Crippen molar-refractivity contribution in [2.75, 3.05) is 12.9 Å². The molecule has 0 amide bonds. The minimum Gasteiger partial charge on any atom is -0.469 e. The normalized spacial score (nSPS) is 17.6. The van der Waals surface area contributed by atoms with Crippen LogP contribution in [0.1, 0.15) is 24.8 Å². The van der Waals surface area contributed by atoms with Crippen LogP contribution in [0, 0.1) is 11.2 Å². The first-order valence-corrected chi connectivity index (χ1v) is 8.16. The van der Waals surface area contributed by atoms with Crippen LogP contribution in [0.3, 0.4) is 0 Å². The summed E-state index contributed by atoms with van der Waals surface area (Å²) in [7, 11) is 0.227. The number of carbonyl (C=O) groups is 1. The average Bonchev–Trinajstić information content (AvgIpc) is 3.12. The molecule has 2 rings (SSSR count). The zero-order chi connectivity index (χ0) is 14.8. The lowest BCUT2D eigenvalue weighted by atomic mass is 10.1. The monoisotopic (exact) mass is 318 g/mol. The number of halogens is 2. The lowest BCUT2D eigenvalue weighted by Crippen LogP contribution is -2.18. The summed E-state index contributed by atoms with van der Waals surface area (Å²) in [5.41, 5.74) is 0.491. The summed E-state index contributed by atoms with van der Waals surface area (Å²) in [6, 6.07) is 4.07. The lowest BCUT2D eigenvalue weighted by molar-refractivity contribution is -0.141.